The summed E-state index contributed by atoms with van der Waals surface area (Å²) in [7, 11) is 0. The predicted molar refractivity (Wildman–Crippen MR) is 98.1 cm³/mol. The minimum absolute atomic E-state index is 0.0136. The lowest BCUT2D eigenvalue weighted by Crippen LogP contribution is -2.42. The van der Waals surface area contributed by atoms with Crippen LogP contribution in [0, 0.1) is 5.92 Å². The molecule has 0 saturated carbocycles. The summed E-state index contributed by atoms with van der Waals surface area (Å²) in [6.45, 7) is 3.95. The third-order valence-corrected chi connectivity index (χ3v) is 4.83. The van der Waals surface area contributed by atoms with Gasteiger partial charge in [0.1, 0.15) is 0 Å². The van der Waals surface area contributed by atoms with Crippen molar-refractivity contribution >= 4 is 41.1 Å². The number of piperidine rings is 1. The lowest BCUT2D eigenvalue weighted by atomic mass is 9.96. The van der Waals surface area contributed by atoms with Gasteiger partial charge in [-0.3, -0.25) is 9.59 Å². The average Bonchev–Trinajstić information content (AvgIpc) is 2.60. The zero-order valence-corrected chi connectivity index (χ0v) is 15.2. The van der Waals surface area contributed by atoms with Crippen molar-refractivity contribution < 1.29 is 9.59 Å². The van der Waals surface area contributed by atoms with Crippen LogP contribution in [0.2, 0.25) is 10.0 Å². The molecule has 24 heavy (non-hydrogen) atoms. The van der Waals surface area contributed by atoms with Gasteiger partial charge in [0.25, 0.3) is 0 Å². The monoisotopic (exact) mass is 368 g/mol. The Balaban J connectivity index is 1.85. The second-order valence-corrected chi connectivity index (χ2v) is 6.71. The fourth-order valence-electron chi connectivity index (χ4n) is 2.64. The van der Waals surface area contributed by atoms with Crippen molar-refractivity contribution in [1.29, 1.82) is 0 Å². The molecule has 4 nitrogen and oxygen atoms in total. The molecule has 1 N–H and O–H groups in total. The van der Waals surface area contributed by atoms with E-state index in [4.69, 9.17) is 23.2 Å². The van der Waals surface area contributed by atoms with Gasteiger partial charge in [0.15, 0.2) is 0 Å². The number of halogens is 2. The molecule has 0 aliphatic carbocycles. The molecule has 0 aromatic heterocycles. The second-order valence-electron chi connectivity index (χ2n) is 5.90. The van der Waals surface area contributed by atoms with Crippen LogP contribution >= 0.6 is 23.2 Å². The molecule has 0 radical (unpaired) electrons. The first-order chi connectivity index (χ1) is 11.5. The maximum absolute atomic E-state index is 12.3. The van der Waals surface area contributed by atoms with Crippen LogP contribution in [0.25, 0.3) is 6.08 Å². The topological polar surface area (TPSA) is 49.4 Å². The summed E-state index contributed by atoms with van der Waals surface area (Å²) in [4.78, 5) is 26.0. The molecule has 1 aromatic carbocycles. The van der Waals surface area contributed by atoms with Gasteiger partial charge in [-0.15, -0.1) is 0 Å². The summed E-state index contributed by atoms with van der Waals surface area (Å²) in [6, 6.07) is 5.23. The summed E-state index contributed by atoms with van der Waals surface area (Å²) in [5.41, 5.74) is 0.826. The molecule has 1 heterocycles. The summed E-state index contributed by atoms with van der Waals surface area (Å²) in [6.07, 6.45) is 5.62. The Morgan fingerprint density at radius 2 is 1.96 bits per heavy atom. The normalized spacial score (nSPS) is 15.7. The minimum Gasteiger partial charge on any atom is -0.356 e. The molecule has 0 spiro atoms. The molecule has 1 saturated heterocycles. The molecule has 2 amide bonds. The first-order valence-electron chi connectivity index (χ1n) is 8.21. The van der Waals surface area contributed by atoms with Crippen LogP contribution in [0.1, 0.15) is 31.7 Å². The maximum atomic E-state index is 12.3. The van der Waals surface area contributed by atoms with E-state index in [9.17, 15) is 9.59 Å². The van der Waals surface area contributed by atoms with Crippen molar-refractivity contribution in [2.75, 3.05) is 19.6 Å². The van der Waals surface area contributed by atoms with Crippen LogP contribution in [-0.4, -0.2) is 36.3 Å². The Bertz CT molecular complexity index is 623. The molecule has 0 bridgehead atoms. The van der Waals surface area contributed by atoms with E-state index in [0.29, 0.717) is 42.5 Å². The fourth-order valence-corrected chi connectivity index (χ4v) is 2.95. The van der Waals surface area contributed by atoms with E-state index in [-0.39, 0.29) is 17.7 Å². The van der Waals surface area contributed by atoms with Crippen LogP contribution in [-0.2, 0) is 9.59 Å². The Labute approximate surface area is 152 Å². The van der Waals surface area contributed by atoms with Crippen LogP contribution in [0.15, 0.2) is 24.3 Å². The van der Waals surface area contributed by atoms with Crippen molar-refractivity contribution in [3.05, 3.63) is 39.9 Å². The van der Waals surface area contributed by atoms with E-state index in [1.165, 1.54) is 6.08 Å². The van der Waals surface area contributed by atoms with Gasteiger partial charge in [-0.2, -0.15) is 0 Å². The lowest BCUT2D eigenvalue weighted by molar-refractivity contribution is -0.132. The molecule has 0 unspecified atom stereocenters. The number of carbonyl (C=O) groups is 2. The predicted octanol–water partition coefficient (Wildman–Crippen LogP) is 3.77. The van der Waals surface area contributed by atoms with Crippen molar-refractivity contribution in [3.63, 3.8) is 0 Å². The summed E-state index contributed by atoms with van der Waals surface area (Å²) in [5, 5.41) is 3.88. The molecule has 1 fully saturated rings. The number of benzene rings is 1. The smallest absolute Gasteiger partial charge is 0.246 e. The van der Waals surface area contributed by atoms with Crippen molar-refractivity contribution in [2.24, 2.45) is 5.92 Å². The van der Waals surface area contributed by atoms with Gasteiger partial charge in [0, 0.05) is 31.6 Å². The third-order valence-electron chi connectivity index (χ3n) is 4.09. The van der Waals surface area contributed by atoms with Gasteiger partial charge in [-0.25, -0.2) is 0 Å². The van der Waals surface area contributed by atoms with E-state index in [0.717, 1.165) is 12.0 Å². The highest BCUT2D eigenvalue weighted by atomic mass is 35.5. The molecule has 2 rings (SSSR count). The number of likely N-dealkylation sites (tertiary alicyclic amines) is 1. The second kappa shape index (κ2) is 9.09. The first-order valence-corrected chi connectivity index (χ1v) is 8.96. The molecule has 1 aliphatic rings. The highest BCUT2D eigenvalue weighted by Crippen LogP contribution is 2.23. The quantitative estimate of drug-likeness (QED) is 0.804. The van der Waals surface area contributed by atoms with Gasteiger partial charge in [-0.05, 0) is 43.0 Å². The van der Waals surface area contributed by atoms with Gasteiger partial charge in [0.05, 0.1) is 10.0 Å². The molecule has 0 atom stereocenters. The third kappa shape index (κ3) is 5.25. The average molecular weight is 369 g/mol. The Morgan fingerprint density at radius 3 is 2.58 bits per heavy atom. The van der Waals surface area contributed by atoms with Crippen LogP contribution in [0.4, 0.5) is 0 Å². The first kappa shape index (κ1) is 18.8. The number of carbonyl (C=O) groups excluding carboxylic acids is 2. The summed E-state index contributed by atoms with van der Waals surface area (Å²) >= 11 is 11.8. The largest absolute Gasteiger partial charge is 0.356 e. The molecule has 1 aromatic rings. The standard InChI is InChI=1S/C18H22Cl2N2O2/c1-2-9-21-18(24)14-7-10-22(11-8-14)17(23)6-4-13-3-5-15(19)16(20)12-13/h3-6,12,14H,2,7-11H2,1H3,(H,21,24)/b6-4+. The van der Waals surface area contributed by atoms with Gasteiger partial charge in [0.2, 0.25) is 11.8 Å². The number of rotatable bonds is 5. The summed E-state index contributed by atoms with van der Waals surface area (Å²) < 4.78 is 0. The SMILES string of the molecule is CCCNC(=O)C1CCN(C(=O)/C=C/c2ccc(Cl)c(Cl)c2)CC1. The summed E-state index contributed by atoms with van der Waals surface area (Å²) in [5.74, 6) is 0.0726. The van der Waals surface area contributed by atoms with Crippen LogP contribution in [0.5, 0.6) is 0 Å². The number of nitrogens with one attached hydrogen (secondary N) is 1. The van der Waals surface area contributed by atoms with Gasteiger partial charge in [-0.1, -0.05) is 36.2 Å². The molecular formula is C18H22Cl2N2O2. The molecular weight excluding hydrogens is 347 g/mol. The fraction of sp³-hybridized carbons (Fsp3) is 0.444. The van der Waals surface area contributed by atoms with Gasteiger partial charge >= 0.3 is 0 Å². The molecule has 6 heteroatoms. The number of hydrogen-bond donors (Lipinski definition) is 1. The molecule has 130 valence electrons. The zero-order valence-electron chi connectivity index (χ0n) is 13.7. The van der Waals surface area contributed by atoms with Crippen molar-refractivity contribution in [1.82, 2.24) is 10.2 Å². The number of hydrogen-bond acceptors (Lipinski definition) is 2. The van der Waals surface area contributed by atoms with E-state index in [1.54, 1.807) is 23.1 Å². The molecule has 1 aliphatic heterocycles. The van der Waals surface area contributed by atoms with Gasteiger partial charge < -0.3 is 10.2 Å². The van der Waals surface area contributed by atoms with E-state index in [2.05, 4.69) is 5.32 Å². The van der Waals surface area contributed by atoms with E-state index < -0.39 is 0 Å². The maximum Gasteiger partial charge on any atom is 0.246 e. The highest BCUT2D eigenvalue weighted by molar-refractivity contribution is 6.42. The number of nitrogens with zero attached hydrogens (tertiary/aromatic N) is 1. The van der Waals surface area contributed by atoms with Crippen molar-refractivity contribution in [2.45, 2.75) is 26.2 Å². The van der Waals surface area contributed by atoms with Crippen LogP contribution in [0.3, 0.4) is 0 Å². The minimum atomic E-state index is -0.0477. The van der Waals surface area contributed by atoms with E-state index in [1.807, 2.05) is 13.0 Å². The Kier molecular flexibility index (Phi) is 7.13. The van der Waals surface area contributed by atoms with Crippen LogP contribution < -0.4 is 5.32 Å². The van der Waals surface area contributed by atoms with E-state index >= 15 is 0 Å². The highest BCUT2D eigenvalue weighted by Gasteiger charge is 2.26. The number of amides is 2. The lowest BCUT2D eigenvalue weighted by Gasteiger charge is -2.30. The zero-order chi connectivity index (χ0) is 17.5. The Hall–Kier alpha value is -1.52. The van der Waals surface area contributed by atoms with Crippen molar-refractivity contribution in [3.8, 4) is 0 Å². The Morgan fingerprint density at radius 1 is 1.25 bits per heavy atom.